The van der Waals surface area contributed by atoms with Gasteiger partial charge in [0.2, 0.25) is 0 Å². The summed E-state index contributed by atoms with van der Waals surface area (Å²) in [6.45, 7) is 5.41. The van der Waals surface area contributed by atoms with Gasteiger partial charge in [-0.15, -0.1) is 34.2 Å². The molecule has 2 heterocycles. The SMILES string of the molecule is CCc1nncn1CCNC(=NCC1CCCCO1)N(C)Cc1ccc(OC)c(F)c1.I. The first-order valence-corrected chi connectivity index (χ1v) is 10.9. The van der Waals surface area contributed by atoms with Crippen molar-refractivity contribution in [2.75, 3.05) is 33.9 Å². The third-order valence-corrected chi connectivity index (χ3v) is 5.36. The van der Waals surface area contributed by atoms with Crippen molar-refractivity contribution >= 4 is 29.9 Å². The zero-order valence-electron chi connectivity index (χ0n) is 19.1. The summed E-state index contributed by atoms with van der Waals surface area (Å²) < 4.78 is 27.0. The molecule has 0 amide bonds. The molecule has 0 aliphatic carbocycles. The van der Waals surface area contributed by atoms with Crippen LogP contribution in [-0.2, 0) is 24.2 Å². The summed E-state index contributed by atoms with van der Waals surface area (Å²) in [5.74, 6) is 1.60. The molecule has 1 aliphatic heterocycles. The number of ether oxygens (including phenoxy) is 2. The number of benzene rings is 1. The molecule has 1 saturated heterocycles. The molecule has 2 aromatic rings. The fraction of sp³-hybridized carbons (Fsp3) is 0.591. The van der Waals surface area contributed by atoms with E-state index in [1.54, 1.807) is 12.4 Å². The molecular weight excluding hydrogens is 526 g/mol. The molecule has 3 rings (SSSR count). The van der Waals surface area contributed by atoms with Crippen molar-refractivity contribution in [2.45, 2.75) is 51.8 Å². The van der Waals surface area contributed by atoms with Crippen molar-refractivity contribution in [1.29, 1.82) is 0 Å². The van der Waals surface area contributed by atoms with Gasteiger partial charge in [0.25, 0.3) is 0 Å². The maximum absolute atomic E-state index is 14.1. The number of nitrogens with zero attached hydrogens (tertiary/aromatic N) is 5. The lowest BCUT2D eigenvalue weighted by atomic mass is 10.1. The van der Waals surface area contributed by atoms with E-state index in [9.17, 15) is 4.39 Å². The van der Waals surface area contributed by atoms with Gasteiger partial charge in [-0.3, -0.25) is 4.99 Å². The number of guanidine groups is 1. The van der Waals surface area contributed by atoms with Gasteiger partial charge in [0.1, 0.15) is 12.2 Å². The minimum absolute atomic E-state index is 0. The number of hydrogen-bond donors (Lipinski definition) is 1. The van der Waals surface area contributed by atoms with Crippen LogP contribution in [0.1, 0.15) is 37.6 Å². The molecule has 0 spiro atoms. The first-order valence-electron chi connectivity index (χ1n) is 10.9. The summed E-state index contributed by atoms with van der Waals surface area (Å²) in [4.78, 5) is 6.81. The van der Waals surface area contributed by atoms with Gasteiger partial charge in [-0.05, 0) is 37.0 Å². The van der Waals surface area contributed by atoms with Crippen molar-refractivity contribution in [2.24, 2.45) is 4.99 Å². The van der Waals surface area contributed by atoms with E-state index in [1.807, 2.05) is 22.6 Å². The van der Waals surface area contributed by atoms with E-state index in [-0.39, 0.29) is 41.6 Å². The summed E-state index contributed by atoms with van der Waals surface area (Å²) in [6, 6.07) is 5.02. The average molecular weight is 560 g/mol. The highest BCUT2D eigenvalue weighted by molar-refractivity contribution is 14.0. The van der Waals surface area contributed by atoms with Gasteiger partial charge in [0.05, 0.1) is 19.8 Å². The topological polar surface area (TPSA) is 76.8 Å². The Hall–Kier alpha value is -1.95. The Morgan fingerprint density at radius 2 is 2.25 bits per heavy atom. The predicted octanol–water partition coefficient (Wildman–Crippen LogP) is 3.25. The lowest BCUT2D eigenvalue weighted by molar-refractivity contribution is 0.0223. The minimum atomic E-state index is -0.366. The van der Waals surface area contributed by atoms with Crippen molar-refractivity contribution in [3.63, 3.8) is 0 Å². The van der Waals surface area contributed by atoms with Crippen LogP contribution in [-0.4, -0.2) is 65.6 Å². The Morgan fingerprint density at radius 3 is 2.94 bits per heavy atom. The fourth-order valence-electron chi connectivity index (χ4n) is 3.64. The number of aryl methyl sites for hydroxylation is 1. The minimum Gasteiger partial charge on any atom is -0.494 e. The lowest BCUT2D eigenvalue weighted by Gasteiger charge is -2.25. The summed E-state index contributed by atoms with van der Waals surface area (Å²) in [5, 5.41) is 11.5. The van der Waals surface area contributed by atoms with E-state index < -0.39 is 0 Å². The zero-order valence-corrected chi connectivity index (χ0v) is 21.4. The number of hydrogen-bond acceptors (Lipinski definition) is 5. The number of rotatable bonds is 9. The second-order valence-electron chi connectivity index (χ2n) is 7.70. The standard InChI is InChI=1S/C22H33FN6O2.HI/c1-4-21-27-26-16-29(21)11-10-24-22(25-14-18-7-5-6-12-31-18)28(2)15-17-8-9-20(30-3)19(23)13-17;/h8-9,13,16,18H,4-7,10-12,14-15H2,1-3H3,(H,24,25);1H. The van der Waals surface area contributed by atoms with Crippen LogP contribution in [0, 0.1) is 5.82 Å². The van der Waals surface area contributed by atoms with Gasteiger partial charge in [-0.2, -0.15) is 0 Å². The number of aliphatic imine (C=N–C) groups is 1. The molecule has 1 aliphatic rings. The molecule has 32 heavy (non-hydrogen) atoms. The summed E-state index contributed by atoms with van der Waals surface area (Å²) in [5.41, 5.74) is 0.844. The molecule has 1 aromatic carbocycles. The highest BCUT2D eigenvalue weighted by Gasteiger charge is 2.15. The number of aromatic nitrogens is 3. The van der Waals surface area contributed by atoms with Gasteiger partial charge in [-0.25, -0.2) is 4.39 Å². The summed E-state index contributed by atoms with van der Waals surface area (Å²) in [7, 11) is 3.41. The maximum Gasteiger partial charge on any atom is 0.194 e. The summed E-state index contributed by atoms with van der Waals surface area (Å²) in [6.07, 6.45) is 6.07. The molecule has 8 nitrogen and oxygen atoms in total. The van der Waals surface area contributed by atoms with Gasteiger partial charge < -0.3 is 24.3 Å². The van der Waals surface area contributed by atoms with Crippen LogP contribution in [0.4, 0.5) is 4.39 Å². The van der Waals surface area contributed by atoms with Crippen LogP contribution < -0.4 is 10.1 Å². The van der Waals surface area contributed by atoms with Gasteiger partial charge in [-0.1, -0.05) is 13.0 Å². The second kappa shape index (κ2) is 13.6. The largest absolute Gasteiger partial charge is 0.494 e. The Labute approximate surface area is 206 Å². The Balaban J connectivity index is 0.00000363. The maximum atomic E-state index is 14.1. The number of methoxy groups -OCH3 is 1. The number of nitrogens with one attached hydrogen (secondary N) is 1. The Morgan fingerprint density at radius 1 is 1.41 bits per heavy atom. The van der Waals surface area contributed by atoms with Gasteiger partial charge >= 0.3 is 0 Å². The van der Waals surface area contributed by atoms with Crippen LogP contribution in [0.5, 0.6) is 5.75 Å². The average Bonchev–Trinajstić information content (AvgIpc) is 3.24. The van der Waals surface area contributed by atoms with Crippen LogP contribution in [0.3, 0.4) is 0 Å². The first-order chi connectivity index (χ1) is 15.1. The lowest BCUT2D eigenvalue weighted by Crippen LogP contribution is -2.41. The van der Waals surface area contributed by atoms with Gasteiger partial charge in [0, 0.05) is 39.7 Å². The molecule has 1 fully saturated rings. The van der Waals surface area contributed by atoms with Crippen molar-refractivity contribution in [3.8, 4) is 5.75 Å². The van der Waals surface area contributed by atoms with Gasteiger partial charge in [0.15, 0.2) is 17.5 Å². The molecule has 0 bridgehead atoms. The van der Waals surface area contributed by atoms with Crippen LogP contribution >= 0.6 is 24.0 Å². The Kier molecular flexibility index (Phi) is 11.1. The molecule has 0 radical (unpaired) electrons. The molecule has 178 valence electrons. The molecular formula is C22H34FIN6O2. The van der Waals surface area contributed by atoms with Crippen LogP contribution in [0.2, 0.25) is 0 Å². The second-order valence-corrected chi connectivity index (χ2v) is 7.70. The van der Waals surface area contributed by atoms with Crippen molar-refractivity contribution in [1.82, 2.24) is 25.0 Å². The monoisotopic (exact) mass is 560 g/mol. The fourth-order valence-corrected chi connectivity index (χ4v) is 3.64. The number of halogens is 2. The van der Waals surface area contributed by atoms with E-state index >= 15 is 0 Å². The highest BCUT2D eigenvalue weighted by Crippen LogP contribution is 2.18. The van der Waals surface area contributed by atoms with Crippen LogP contribution in [0.15, 0.2) is 29.5 Å². The molecule has 1 aromatic heterocycles. The van der Waals surface area contributed by atoms with Crippen molar-refractivity contribution in [3.05, 3.63) is 41.7 Å². The normalized spacial score (nSPS) is 16.4. The quantitative estimate of drug-likeness (QED) is 0.289. The zero-order chi connectivity index (χ0) is 22.1. The highest BCUT2D eigenvalue weighted by atomic mass is 127. The molecule has 0 saturated carbocycles. The third-order valence-electron chi connectivity index (χ3n) is 5.36. The van der Waals surface area contributed by atoms with Crippen LogP contribution in [0.25, 0.3) is 0 Å². The Bertz CT molecular complexity index is 857. The van der Waals surface area contributed by atoms with E-state index in [0.29, 0.717) is 19.6 Å². The predicted molar refractivity (Wildman–Crippen MR) is 133 cm³/mol. The molecule has 10 heteroatoms. The van der Waals surface area contributed by atoms with Crippen molar-refractivity contribution < 1.29 is 13.9 Å². The molecule has 1 atom stereocenters. The molecule has 1 N–H and O–H groups in total. The molecule has 1 unspecified atom stereocenters. The third kappa shape index (κ3) is 7.58. The van der Waals surface area contributed by atoms with E-state index in [4.69, 9.17) is 14.5 Å². The van der Waals surface area contributed by atoms with E-state index in [1.165, 1.54) is 19.6 Å². The first kappa shape index (κ1) is 26.3. The summed E-state index contributed by atoms with van der Waals surface area (Å²) >= 11 is 0. The van der Waals surface area contributed by atoms with E-state index in [2.05, 4.69) is 22.4 Å². The smallest absolute Gasteiger partial charge is 0.194 e. The van der Waals surface area contributed by atoms with E-state index in [0.717, 1.165) is 49.8 Å².